The SMILES string of the molecule is NC(=O)[C@H]1CC[C@@H](n2c(Nc3ccc(F)cc3Cl)nc3cnc(NC4CCOCC4)nc32)CC1. The van der Waals surface area contributed by atoms with Crippen LogP contribution in [0, 0.1) is 11.7 Å². The minimum Gasteiger partial charge on any atom is -0.381 e. The van der Waals surface area contributed by atoms with E-state index >= 15 is 0 Å². The molecule has 0 bridgehead atoms. The number of halogens is 2. The van der Waals surface area contributed by atoms with E-state index in [4.69, 9.17) is 32.0 Å². The molecule has 2 aromatic heterocycles. The number of fused-ring (bicyclic) bond motifs is 1. The first kappa shape index (κ1) is 22.8. The Morgan fingerprint density at radius 2 is 1.91 bits per heavy atom. The molecule has 34 heavy (non-hydrogen) atoms. The van der Waals surface area contributed by atoms with E-state index in [2.05, 4.69) is 15.6 Å². The molecule has 1 aliphatic heterocycles. The van der Waals surface area contributed by atoms with Crippen LogP contribution in [0.25, 0.3) is 11.2 Å². The van der Waals surface area contributed by atoms with Crippen molar-refractivity contribution in [3.63, 3.8) is 0 Å². The maximum Gasteiger partial charge on any atom is 0.224 e. The van der Waals surface area contributed by atoms with Gasteiger partial charge in [0.15, 0.2) is 5.65 Å². The van der Waals surface area contributed by atoms with E-state index in [1.165, 1.54) is 12.1 Å². The molecule has 0 radical (unpaired) electrons. The molecule has 11 heteroatoms. The smallest absolute Gasteiger partial charge is 0.224 e. The highest BCUT2D eigenvalue weighted by Gasteiger charge is 2.29. The predicted octanol–water partition coefficient (Wildman–Crippen LogP) is 4.17. The number of carbonyl (C=O) groups is 1. The van der Waals surface area contributed by atoms with Gasteiger partial charge in [-0.05, 0) is 56.7 Å². The normalized spacial score (nSPS) is 21.5. The van der Waals surface area contributed by atoms with Crippen LogP contribution in [0.3, 0.4) is 0 Å². The van der Waals surface area contributed by atoms with Gasteiger partial charge in [0, 0.05) is 31.2 Å². The Balaban J connectivity index is 1.50. The van der Waals surface area contributed by atoms with Crippen LogP contribution in [0.5, 0.6) is 0 Å². The second-order valence-corrected chi connectivity index (χ2v) is 9.30. The van der Waals surface area contributed by atoms with Crippen LogP contribution in [0.1, 0.15) is 44.6 Å². The summed E-state index contributed by atoms with van der Waals surface area (Å²) < 4.78 is 21.0. The molecule has 1 aromatic carbocycles. The summed E-state index contributed by atoms with van der Waals surface area (Å²) in [4.78, 5) is 25.7. The van der Waals surface area contributed by atoms with Crippen molar-refractivity contribution in [1.82, 2.24) is 19.5 Å². The van der Waals surface area contributed by atoms with Crippen molar-refractivity contribution in [2.24, 2.45) is 11.7 Å². The molecule has 3 aromatic rings. The van der Waals surface area contributed by atoms with Crippen LogP contribution in [-0.2, 0) is 9.53 Å². The Bertz CT molecular complexity index is 1190. The number of benzene rings is 1. The van der Waals surface area contributed by atoms with Gasteiger partial charge in [0.25, 0.3) is 0 Å². The van der Waals surface area contributed by atoms with E-state index in [9.17, 15) is 9.18 Å². The van der Waals surface area contributed by atoms with Crippen molar-refractivity contribution in [1.29, 1.82) is 0 Å². The molecule has 0 atom stereocenters. The van der Waals surface area contributed by atoms with E-state index in [-0.39, 0.29) is 28.9 Å². The second kappa shape index (κ2) is 9.71. The van der Waals surface area contributed by atoms with Crippen molar-refractivity contribution in [2.75, 3.05) is 23.8 Å². The molecule has 1 saturated carbocycles. The largest absolute Gasteiger partial charge is 0.381 e. The number of ether oxygens (including phenoxy) is 1. The zero-order valence-electron chi connectivity index (χ0n) is 18.6. The zero-order valence-corrected chi connectivity index (χ0v) is 19.4. The molecule has 2 fully saturated rings. The second-order valence-electron chi connectivity index (χ2n) is 8.90. The lowest BCUT2D eigenvalue weighted by atomic mass is 9.85. The van der Waals surface area contributed by atoms with Gasteiger partial charge >= 0.3 is 0 Å². The van der Waals surface area contributed by atoms with Gasteiger partial charge in [0.05, 0.1) is 16.9 Å². The minimum absolute atomic E-state index is 0.0631. The van der Waals surface area contributed by atoms with Gasteiger partial charge in [-0.15, -0.1) is 0 Å². The Morgan fingerprint density at radius 1 is 1.15 bits per heavy atom. The third-order valence-electron chi connectivity index (χ3n) is 6.63. The fourth-order valence-electron chi connectivity index (χ4n) is 4.75. The molecular weight excluding hydrogens is 461 g/mol. The average Bonchev–Trinajstić information content (AvgIpc) is 3.19. The summed E-state index contributed by atoms with van der Waals surface area (Å²) >= 11 is 6.26. The van der Waals surface area contributed by atoms with E-state index < -0.39 is 5.82 Å². The van der Waals surface area contributed by atoms with Crippen LogP contribution in [0.2, 0.25) is 5.02 Å². The Kier molecular flexibility index (Phi) is 6.51. The van der Waals surface area contributed by atoms with Gasteiger partial charge in [-0.3, -0.25) is 9.36 Å². The molecule has 4 N–H and O–H groups in total. The van der Waals surface area contributed by atoms with Crippen molar-refractivity contribution in [2.45, 2.75) is 50.6 Å². The summed E-state index contributed by atoms with van der Waals surface area (Å²) in [6.07, 6.45) is 6.42. The van der Waals surface area contributed by atoms with Crippen molar-refractivity contribution in [3.8, 4) is 0 Å². The summed E-state index contributed by atoms with van der Waals surface area (Å²) in [5.74, 6) is 0.301. The molecule has 180 valence electrons. The van der Waals surface area contributed by atoms with E-state index in [0.29, 0.717) is 54.8 Å². The molecule has 1 aliphatic carbocycles. The molecule has 0 unspecified atom stereocenters. The summed E-state index contributed by atoms with van der Waals surface area (Å²) in [6, 6.07) is 4.49. The number of hydrogen-bond donors (Lipinski definition) is 3. The highest BCUT2D eigenvalue weighted by molar-refractivity contribution is 6.33. The number of imidazole rings is 1. The number of rotatable bonds is 6. The lowest BCUT2D eigenvalue weighted by molar-refractivity contribution is -0.122. The minimum atomic E-state index is -0.413. The summed E-state index contributed by atoms with van der Waals surface area (Å²) in [5.41, 5.74) is 7.40. The van der Waals surface area contributed by atoms with Gasteiger partial charge in [0.2, 0.25) is 17.8 Å². The molecule has 1 amide bonds. The number of carbonyl (C=O) groups excluding carboxylic acids is 1. The molecule has 9 nitrogen and oxygen atoms in total. The first-order chi connectivity index (χ1) is 16.5. The topological polar surface area (TPSA) is 120 Å². The monoisotopic (exact) mass is 487 g/mol. The van der Waals surface area contributed by atoms with Crippen molar-refractivity contribution >= 4 is 46.3 Å². The molecule has 2 aliphatic rings. The van der Waals surface area contributed by atoms with E-state index in [1.54, 1.807) is 12.3 Å². The zero-order chi connectivity index (χ0) is 23.7. The van der Waals surface area contributed by atoms with Crippen LogP contribution in [0.4, 0.5) is 22.0 Å². The number of nitrogens with two attached hydrogens (primary N) is 1. The Hall–Kier alpha value is -2.98. The number of amides is 1. The molecule has 3 heterocycles. The van der Waals surface area contributed by atoms with Crippen LogP contribution < -0.4 is 16.4 Å². The predicted molar refractivity (Wildman–Crippen MR) is 128 cm³/mol. The van der Waals surface area contributed by atoms with Crippen LogP contribution >= 0.6 is 11.6 Å². The summed E-state index contributed by atoms with van der Waals surface area (Å²) in [6.45, 7) is 1.43. The molecular formula is C23H27ClFN7O2. The maximum absolute atomic E-state index is 13.6. The van der Waals surface area contributed by atoms with Gasteiger partial charge in [0.1, 0.15) is 11.3 Å². The number of nitrogens with zero attached hydrogens (tertiary/aromatic N) is 4. The first-order valence-electron chi connectivity index (χ1n) is 11.6. The first-order valence-corrected chi connectivity index (χ1v) is 12.0. The third kappa shape index (κ3) is 4.78. The number of hydrogen-bond acceptors (Lipinski definition) is 7. The Labute approximate surface area is 201 Å². The fourth-order valence-corrected chi connectivity index (χ4v) is 4.96. The lowest BCUT2D eigenvalue weighted by Crippen LogP contribution is -2.29. The van der Waals surface area contributed by atoms with Crippen LogP contribution in [-0.4, -0.2) is 44.7 Å². The molecule has 0 spiro atoms. The average molecular weight is 488 g/mol. The maximum atomic E-state index is 13.6. The highest BCUT2D eigenvalue weighted by atomic mass is 35.5. The van der Waals surface area contributed by atoms with Gasteiger partial charge < -0.3 is 21.1 Å². The third-order valence-corrected chi connectivity index (χ3v) is 6.94. The van der Waals surface area contributed by atoms with Crippen LogP contribution in [0.15, 0.2) is 24.4 Å². The van der Waals surface area contributed by atoms with Gasteiger partial charge in [-0.1, -0.05) is 11.6 Å². The summed E-state index contributed by atoms with van der Waals surface area (Å²) in [7, 11) is 0. The van der Waals surface area contributed by atoms with Crippen molar-refractivity contribution < 1.29 is 13.9 Å². The van der Waals surface area contributed by atoms with Gasteiger partial charge in [-0.2, -0.15) is 4.98 Å². The molecule has 5 rings (SSSR count). The molecule has 1 saturated heterocycles. The quantitative estimate of drug-likeness (QED) is 0.477. The highest BCUT2D eigenvalue weighted by Crippen LogP contribution is 2.37. The standard InChI is InChI=1S/C23H27ClFN7O2/c24-17-11-14(25)3-6-18(17)29-23-30-19-12-27-22(28-15-7-9-34-10-8-15)31-21(19)32(23)16-4-1-13(2-5-16)20(26)33/h3,6,11-13,15-16H,1-2,4-5,7-10H2,(H2,26,33)(H,29,30)(H,27,28,31)/t13-,16+. The fraction of sp³-hybridized carbons (Fsp3) is 0.478. The number of aromatic nitrogens is 4. The number of primary amides is 1. The number of nitrogens with one attached hydrogen (secondary N) is 2. The number of anilines is 3. The van der Waals surface area contributed by atoms with E-state index in [0.717, 1.165) is 25.7 Å². The lowest BCUT2D eigenvalue weighted by Gasteiger charge is -2.29. The van der Waals surface area contributed by atoms with Crippen molar-refractivity contribution in [3.05, 3.63) is 35.2 Å². The summed E-state index contributed by atoms with van der Waals surface area (Å²) in [5, 5.41) is 6.91. The van der Waals surface area contributed by atoms with E-state index in [1.807, 2.05) is 4.57 Å². The van der Waals surface area contributed by atoms with Gasteiger partial charge in [-0.25, -0.2) is 14.4 Å². The Morgan fingerprint density at radius 3 is 2.62 bits per heavy atom.